The second-order valence-electron chi connectivity index (χ2n) is 5.92. The highest BCUT2D eigenvalue weighted by Crippen LogP contribution is 2.26. The monoisotopic (exact) mass is 261 g/mol. The van der Waals surface area contributed by atoms with Crippen LogP contribution in [-0.4, -0.2) is 28.6 Å². The Hall–Kier alpha value is -1.35. The van der Waals surface area contributed by atoms with E-state index in [2.05, 4.69) is 43.0 Å². The van der Waals surface area contributed by atoms with Crippen LogP contribution in [0, 0.1) is 5.92 Å². The summed E-state index contributed by atoms with van der Waals surface area (Å²) in [6.45, 7) is 8.00. The molecule has 2 rings (SSSR count). The largest absolute Gasteiger partial charge is 0.480 e. The van der Waals surface area contributed by atoms with E-state index in [1.54, 1.807) is 0 Å². The van der Waals surface area contributed by atoms with Crippen molar-refractivity contribution in [2.75, 3.05) is 6.54 Å². The minimum atomic E-state index is -0.691. The molecular weight excluding hydrogens is 238 g/mol. The quantitative estimate of drug-likeness (QED) is 0.905. The summed E-state index contributed by atoms with van der Waals surface area (Å²) in [5, 5.41) is 9.31. The predicted octanol–water partition coefficient (Wildman–Crippen LogP) is 3.11. The lowest BCUT2D eigenvalue weighted by atomic mass is 10.0. The van der Waals surface area contributed by atoms with Crippen LogP contribution in [0.3, 0.4) is 0 Å². The van der Waals surface area contributed by atoms with Gasteiger partial charge in [0.2, 0.25) is 0 Å². The second-order valence-corrected chi connectivity index (χ2v) is 5.92. The lowest BCUT2D eigenvalue weighted by Gasteiger charge is -2.23. The molecular formula is C16H23NO2. The molecule has 1 saturated heterocycles. The number of carbonyl (C=O) groups is 1. The molecule has 104 valence electrons. The van der Waals surface area contributed by atoms with Crippen molar-refractivity contribution in [3.05, 3.63) is 35.4 Å². The number of likely N-dealkylation sites (tertiary alicyclic amines) is 1. The van der Waals surface area contributed by atoms with E-state index in [0.717, 1.165) is 19.5 Å². The Morgan fingerprint density at radius 2 is 2.00 bits per heavy atom. The molecule has 2 atom stereocenters. The summed E-state index contributed by atoms with van der Waals surface area (Å²) < 4.78 is 0. The van der Waals surface area contributed by atoms with Crippen molar-refractivity contribution >= 4 is 5.97 Å². The van der Waals surface area contributed by atoms with Crippen LogP contribution in [0.15, 0.2) is 24.3 Å². The van der Waals surface area contributed by atoms with Crippen molar-refractivity contribution in [3.63, 3.8) is 0 Å². The summed E-state index contributed by atoms with van der Waals surface area (Å²) in [6.07, 6.45) is 0.973. The lowest BCUT2D eigenvalue weighted by molar-refractivity contribution is -0.143. The number of hydrogen-bond acceptors (Lipinski definition) is 2. The third-order valence-electron chi connectivity index (χ3n) is 4.09. The van der Waals surface area contributed by atoms with Crippen LogP contribution in [0.4, 0.5) is 0 Å². The van der Waals surface area contributed by atoms with Gasteiger partial charge < -0.3 is 5.11 Å². The fourth-order valence-corrected chi connectivity index (χ4v) is 2.85. The molecule has 19 heavy (non-hydrogen) atoms. The molecule has 0 bridgehead atoms. The van der Waals surface area contributed by atoms with Gasteiger partial charge in [0.15, 0.2) is 0 Å². The minimum Gasteiger partial charge on any atom is -0.480 e. The Morgan fingerprint density at radius 1 is 1.37 bits per heavy atom. The van der Waals surface area contributed by atoms with E-state index in [-0.39, 0.29) is 12.0 Å². The van der Waals surface area contributed by atoms with Crippen molar-refractivity contribution in [2.24, 2.45) is 5.92 Å². The zero-order chi connectivity index (χ0) is 14.0. The molecule has 1 N–H and O–H groups in total. The Bertz CT molecular complexity index is 439. The molecule has 0 aromatic heterocycles. The van der Waals surface area contributed by atoms with Gasteiger partial charge in [0.1, 0.15) is 6.04 Å². The summed E-state index contributed by atoms with van der Waals surface area (Å²) in [4.78, 5) is 13.4. The van der Waals surface area contributed by atoms with Gasteiger partial charge in [0, 0.05) is 6.54 Å². The number of rotatable bonds is 4. The van der Waals surface area contributed by atoms with Gasteiger partial charge in [0.05, 0.1) is 0 Å². The molecule has 1 aliphatic heterocycles. The van der Waals surface area contributed by atoms with E-state index in [4.69, 9.17) is 0 Å². The van der Waals surface area contributed by atoms with Crippen molar-refractivity contribution in [1.82, 2.24) is 4.90 Å². The number of benzene rings is 1. The average Bonchev–Trinajstić information content (AvgIpc) is 2.71. The SMILES string of the molecule is CC(C)c1ccc(CN2CCC(C)C2C(=O)O)cc1. The highest BCUT2D eigenvalue weighted by molar-refractivity contribution is 5.74. The van der Waals surface area contributed by atoms with Gasteiger partial charge in [-0.2, -0.15) is 0 Å². The third-order valence-corrected chi connectivity index (χ3v) is 4.09. The maximum absolute atomic E-state index is 11.3. The first-order valence-electron chi connectivity index (χ1n) is 7.04. The van der Waals surface area contributed by atoms with Crippen LogP contribution in [0.25, 0.3) is 0 Å². The molecule has 0 saturated carbocycles. The fraction of sp³-hybridized carbons (Fsp3) is 0.562. The Balaban J connectivity index is 2.06. The highest BCUT2D eigenvalue weighted by Gasteiger charge is 2.36. The first-order chi connectivity index (χ1) is 8.99. The third kappa shape index (κ3) is 3.16. The molecule has 0 aliphatic carbocycles. The van der Waals surface area contributed by atoms with Gasteiger partial charge in [-0.1, -0.05) is 45.0 Å². The summed E-state index contributed by atoms with van der Waals surface area (Å²) in [7, 11) is 0. The lowest BCUT2D eigenvalue weighted by Crippen LogP contribution is -2.38. The topological polar surface area (TPSA) is 40.5 Å². The highest BCUT2D eigenvalue weighted by atomic mass is 16.4. The number of hydrogen-bond donors (Lipinski definition) is 1. The van der Waals surface area contributed by atoms with Crippen molar-refractivity contribution in [1.29, 1.82) is 0 Å². The molecule has 0 amide bonds. The summed E-state index contributed by atoms with van der Waals surface area (Å²) >= 11 is 0. The minimum absolute atomic E-state index is 0.243. The van der Waals surface area contributed by atoms with Crippen molar-refractivity contribution in [3.8, 4) is 0 Å². The first kappa shape index (κ1) is 14.1. The molecule has 1 fully saturated rings. The van der Waals surface area contributed by atoms with E-state index < -0.39 is 5.97 Å². The van der Waals surface area contributed by atoms with Crippen LogP contribution >= 0.6 is 0 Å². The first-order valence-corrected chi connectivity index (χ1v) is 7.04. The van der Waals surface area contributed by atoms with Crippen molar-refractivity contribution in [2.45, 2.75) is 45.7 Å². The molecule has 1 aliphatic rings. The molecule has 1 heterocycles. The van der Waals surface area contributed by atoms with Gasteiger partial charge in [-0.25, -0.2) is 0 Å². The summed E-state index contributed by atoms with van der Waals surface area (Å²) in [6, 6.07) is 8.21. The fourth-order valence-electron chi connectivity index (χ4n) is 2.85. The molecule has 0 radical (unpaired) electrons. The van der Waals surface area contributed by atoms with E-state index in [0.29, 0.717) is 5.92 Å². The number of nitrogens with zero attached hydrogens (tertiary/aromatic N) is 1. The molecule has 3 heteroatoms. The maximum atomic E-state index is 11.3. The van der Waals surface area contributed by atoms with Crippen LogP contribution in [-0.2, 0) is 11.3 Å². The predicted molar refractivity (Wildman–Crippen MR) is 76.1 cm³/mol. The van der Waals surface area contributed by atoms with E-state index in [9.17, 15) is 9.90 Å². The van der Waals surface area contributed by atoms with E-state index in [1.807, 2.05) is 6.92 Å². The number of carboxylic acid groups (broad SMARTS) is 1. The van der Waals surface area contributed by atoms with Gasteiger partial charge in [-0.15, -0.1) is 0 Å². The van der Waals surface area contributed by atoms with Crippen LogP contribution in [0.2, 0.25) is 0 Å². The molecule has 1 aromatic rings. The zero-order valence-corrected chi connectivity index (χ0v) is 12.0. The molecule has 3 nitrogen and oxygen atoms in total. The van der Waals surface area contributed by atoms with Crippen LogP contribution in [0.5, 0.6) is 0 Å². The van der Waals surface area contributed by atoms with Gasteiger partial charge in [0.25, 0.3) is 0 Å². The molecule has 1 aromatic carbocycles. The number of carboxylic acids is 1. The van der Waals surface area contributed by atoms with E-state index >= 15 is 0 Å². The Morgan fingerprint density at radius 3 is 2.53 bits per heavy atom. The van der Waals surface area contributed by atoms with Gasteiger partial charge in [-0.3, -0.25) is 9.69 Å². The smallest absolute Gasteiger partial charge is 0.321 e. The Labute approximate surface area is 115 Å². The second kappa shape index (κ2) is 5.74. The summed E-state index contributed by atoms with van der Waals surface area (Å²) in [5.74, 6) is 0.0869. The molecule has 2 unspecified atom stereocenters. The normalized spacial score (nSPS) is 24.0. The number of aliphatic carboxylic acids is 1. The van der Waals surface area contributed by atoms with Crippen molar-refractivity contribution < 1.29 is 9.90 Å². The maximum Gasteiger partial charge on any atom is 0.321 e. The van der Waals surface area contributed by atoms with Crippen LogP contribution < -0.4 is 0 Å². The van der Waals surface area contributed by atoms with E-state index in [1.165, 1.54) is 11.1 Å². The van der Waals surface area contributed by atoms with Gasteiger partial charge in [-0.05, 0) is 35.9 Å². The van der Waals surface area contributed by atoms with Crippen LogP contribution in [0.1, 0.15) is 44.2 Å². The standard InChI is InChI=1S/C16H23NO2/c1-11(2)14-6-4-13(5-7-14)10-17-9-8-12(3)15(17)16(18)19/h4-7,11-12,15H,8-10H2,1-3H3,(H,18,19). The zero-order valence-electron chi connectivity index (χ0n) is 12.0. The average molecular weight is 261 g/mol. The summed E-state index contributed by atoms with van der Waals surface area (Å²) in [5.41, 5.74) is 2.53. The molecule has 0 spiro atoms. The van der Waals surface area contributed by atoms with Gasteiger partial charge >= 0.3 is 5.97 Å². The Kier molecular flexibility index (Phi) is 4.25.